The first-order chi connectivity index (χ1) is 7.65. The average molecular weight is 229 g/mol. The number of hydrogen-bond donors (Lipinski definition) is 1. The third-order valence-electron chi connectivity index (χ3n) is 3.11. The maximum atomic E-state index is 11.0. The van der Waals surface area contributed by atoms with E-state index in [4.69, 9.17) is 14.6 Å². The summed E-state index contributed by atoms with van der Waals surface area (Å²) in [4.78, 5) is 23.0. The summed E-state index contributed by atoms with van der Waals surface area (Å²) in [6.07, 6.45) is 0.304. The molecule has 0 aliphatic carbocycles. The van der Waals surface area contributed by atoms with Gasteiger partial charge in [-0.05, 0) is 0 Å². The SMILES string of the molecule is O=CC1CN(C(=O)O)CC2(CCOCC2)O1. The zero-order chi connectivity index (χ0) is 11.6. The minimum absolute atomic E-state index is 0.126. The van der Waals surface area contributed by atoms with Crippen molar-refractivity contribution in [3.8, 4) is 0 Å². The zero-order valence-electron chi connectivity index (χ0n) is 8.92. The van der Waals surface area contributed by atoms with E-state index in [0.717, 1.165) is 0 Å². The van der Waals surface area contributed by atoms with Gasteiger partial charge in [0.1, 0.15) is 6.10 Å². The number of morpholine rings is 1. The highest BCUT2D eigenvalue weighted by Gasteiger charge is 2.43. The maximum absolute atomic E-state index is 11.0. The lowest BCUT2D eigenvalue weighted by atomic mass is 9.91. The molecule has 1 amide bonds. The summed E-state index contributed by atoms with van der Waals surface area (Å²) in [6, 6.07) is 0. The fraction of sp³-hybridized carbons (Fsp3) is 0.800. The molecule has 2 heterocycles. The van der Waals surface area contributed by atoms with E-state index in [1.165, 1.54) is 4.90 Å². The molecule has 6 heteroatoms. The molecule has 0 aromatic carbocycles. The van der Waals surface area contributed by atoms with Crippen LogP contribution in [0.25, 0.3) is 0 Å². The number of carbonyl (C=O) groups is 2. The van der Waals surface area contributed by atoms with E-state index in [1.54, 1.807) is 0 Å². The Morgan fingerprint density at radius 3 is 2.69 bits per heavy atom. The summed E-state index contributed by atoms with van der Waals surface area (Å²) in [6.45, 7) is 1.57. The highest BCUT2D eigenvalue weighted by molar-refractivity contribution is 5.67. The van der Waals surface area contributed by atoms with Crippen molar-refractivity contribution < 1.29 is 24.2 Å². The Hall–Kier alpha value is -1.14. The molecule has 1 spiro atoms. The second-order valence-electron chi connectivity index (χ2n) is 4.25. The van der Waals surface area contributed by atoms with Crippen LogP contribution in [-0.4, -0.2) is 60.4 Å². The number of carboxylic acid groups (broad SMARTS) is 1. The molecule has 90 valence electrons. The zero-order valence-corrected chi connectivity index (χ0v) is 8.92. The third-order valence-corrected chi connectivity index (χ3v) is 3.11. The summed E-state index contributed by atoms with van der Waals surface area (Å²) in [5.74, 6) is 0. The lowest BCUT2D eigenvalue weighted by molar-refractivity contribution is -0.181. The van der Waals surface area contributed by atoms with Crippen LogP contribution >= 0.6 is 0 Å². The van der Waals surface area contributed by atoms with Crippen molar-refractivity contribution >= 4 is 12.4 Å². The Morgan fingerprint density at radius 2 is 2.12 bits per heavy atom. The Kier molecular flexibility index (Phi) is 3.11. The van der Waals surface area contributed by atoms with Crippen LogP contribution in [0.2, 0.25) is 0 Å². The van der Waals surface area contributed by atoms with Crippen LogP contribution in [0.1, 0.15) is 12.8 Å². The van der Waals surface area contributed by atoms with Crippen LogP contribution < -0.4 is 0 Å². The van der Waals surface area contributed by atoms with Gasteiger partial charge in [-0.3, -0.25) is 0 Å². The Labute approximate surface area is 93.1 Å². The summed E-state index contributed by atoms with van der Waals surface area (Å²) < 4.78 is 10.9. The summed E-state index contributed by atoms with van der Waals surface area (Å²) >= 11 is 0. The van der Waals surface area contributed by atoms with Crippen LogP contribution in [0.5, 0.6) is 0 Å². The van der Waals surface area contributed by atoms with Crippen molar-refractivity contribution in [2.24, 2.45) is 0 Å². The lowest BCUT2D eigenvalue weighted by Gasteiger charge is -2.45. The predicted octanol–water partition coefficient (Wildman–Crippen LogP) is 0.113. The van der Waals surface area contributed by atoms with Crippen LogP contribution in [0.4, 0.5) is 4.79 Å². The largest absolute Gasteiger partial charge is 0.465 e. The van der Waals surface area contributed by atoms with Gasteiger partial charge in [0.15, 0.2) is 6.29 Å². The molecule has 6 nitrogen and oxygen atoms in total. The van der Waals surface area contributed by atoms with Crippen molar-refractivity contribution in [2.45, 2.75) is 24.5 Å². The molecule has 0 radical (unpaired) electrons. The molecular formula is C10H15NO5. The van der Waals surface area contributed by atoms with Gasteiger partial charge in [0.05, 0.1) is 18.7 Å². The summed E-state index contributed by atoms with van der Waals surface area (Å²) in [5, 5.41) is 8.99. The second-order valence-corrected chi connectivity index (χ2v) is 4.25. The highest BCUT2D eigenvalue weighted by atomic mass is 16.5. The maximum Gasteiger partial charge on any atom is 0.407 e. The van der Waals surface area contributed by atoms with Crippen molar-refractivity contribution in [2.75, 3.05) is 26.3 Å². The first-order valence-corrected chi connectivity index (χ1v) is 5.34. The number of ether oxygens (including phenoxy) is 2. The van der Waals surface area contributed by atoms with Gasteiger partial charge in [-0.15, -0.1) is 0 Å². The van der Waals surface area contributed by atoms with Gasteiger partial charge >= 0.3 is 6.09 Å². The van der Waals surface area contributed by atoms with Gasteiger partial charge in [-0.2, -0.15) is 0 Å². The molecule has 0 aromatic rings. The van der Waals surface area contributed by atoms with E-state index in [0.29, 0.717) is 38.9 Å². The van der Waals surface area contributed by atoms with Gasteiger partial charge in [0.25, 0.3) is 0 Å². The normalized spacial score (nSPS) is 29.0. The van der Waals surface area contributed by atoms with E-state index in [9.17, 15) is 9.59 Å². The molecule has 0 aromatic heterocycles. The quantitative estimate of drug-likeness (QED) is 0.646. The monoisotopic (exact) mass is 229 g/mol. The van der Waals surface area contributed by atoms with Crippen molar-refractivity contribution in [3.05, 3.63) is 0 Å². The molecule has 16 heavy (non-hydrogen) atoms. The van der Waals surface area contributed by atoms with Crippen LogP contribution in [0, 0.1) is 0 Å². The smallest absolute Gasteiger partial charge is 0.407 e. The van der Waals surface area contributed by atoms with E-state index in [2.05, 4.69) is 0 Å². The molecule has 1 unspecified atom stereocenters. The van der Waals surface area contributed by atoms with E-state index < -0.39 is 17.8 Å². The number of hydrogen-bond acceptors (Lipinski definition) is 4. The van der Waals surface area contributed by atoms with Crippen LogP contribution in [-0.2, 0) is 14.3 Å². The van der Waals surface area contributed by atoms with Gasteiger partial charge in [-0.25, -0.2) is 4.79 Å². The minimum atomic E-state index is -0.999. The molecule has 1 atom stereocenters. The fourth-order valence-electron chi connectivity index (χ4n) is 2.26. The topological polar surface area (TPSA) is 76.1 Å². The minimum Gasteiger partial charge on any atom is -0.465 e. The van der Waals surface area contributed by atoms with E-state index in [-0.39, 0.29) is 6.54 Å². The van der Waals surface area contributed by atoms with E-state index in [1.807, 2.05) is 0 Å². The lowest BCUT2D eigenvalue weighted by Crippen LogP contribution is -2.59. The number of rotatable bonds is 1. The molecule has 2 aliphatic heterocycles. The molecule has 0 saturated carbocycles. The number of amides is 1. The van der Waals surface area contributed by atoms with Crippen LogP contribution in [0.15, 0.2) is 0 Å². The van der Waals surface area contributed by atoms with Crippen LogP contribution in [0.3, 0.4) is 0 Å². The number of nitrogens with zero attached hydrogens (tertiary/aromatic N) is 1. The first kappa shape index (κ1) is 11.3. The molecule has 2 aliphatic rings. The van der Waals surface area contributed by atoms with Crippen molar-refractivity contribution in [1.29, 1.82) is 0 Å². The molecule has 1 N–H and O–H groups in total. The third kappa shape index (κ3) is 2.17. The van der Waals surface area contributed by atoms with Gasteiger partial charge < -0.3 is 24.3 Å². The Bertz CT molecular complexity index is 287. The number of carbonyl (C=O) groups excluding carboxylic acids is 1. The number of aldehydes is 1. The second kappa shape index (κ2) is 4.39. The Balaban J connectivity index is 2.12. The average Bonchev–Trinajstić information content (AvgIpc) is 2.29. The fourth-order valence-corrected chi connectivity index (χ4v) is 2.26. The van der Waals surface area contributed by atoms with Crippen molar-refractivity contribution in [3.63, 3.8) is 0 Å². The summed E-state index contributed by atoms with van der Waals surface area (Å²) in [5.41, 5.74) is -0.527. The Morgan fingerprint density at radius 1 is 1.44 bits per heavy atom. The molecule has 0 bridgehead atoms. The first-order valence-electron chi connectivity index (χ1n) is 5.34. The van der Waals surface area contributed by atoms with Gasteiger partial charge in [-0.1, -0.05) is 0 Å². The van der Waals surface area contributed by atoms with Gasteiger partial charge in [0.2, 0.25) is 0 Å². The standard InChI is InChI=1S/C10H15NO5/c12-6-8-5-11(9(13)14)7-10(16-8)1-3-15-4-2-10/h6,8H,1-5,7H2,(H,13,14). The molecule has 2 saturated heterocycles. The van der Waals surface area contributed by atoms with Crippen molar-refractivity contribution in [1.82, 2.24) is 4.90 Å². The predicted molar refractivity (Wildman–Crippen MR) is 53.3 cm³/mol. The molecule has 2 rings (SSSR count). The molecular weight excluding hydrogens is 214 g/mol. The van der Waals surface area contributed by atoms with E-state index >= 15 is 0 Å². The highest BCUT2D eigenvalue weighted by Crippen LogP contribution is 2.31. The van der Waals surface area contributed by atoms with Gasteiger partial charge in [0, 0.05) is 26.1 Å². The molecule has 2 fully saturated rings. The summed E-state index contributed by atoms with van der Waals surface area (Å²) in [7, 11) is 0.